The molecule has 2 N–H and O–H groups in total. The van der Waals surface area contributed by atoms with E-state index in [2.05, 4.69) is 33.7 Å². The lowest BCUT2D eigenvalue weighted by Crippen LogP contribution is -2.43. The predicted octanol–water partition coefficient (Wildman–Crippen LogP) is 4.16. The van der Waals surface area contributed by atoms with Crippen LogP contribution in [0.1, 0.15) is 23.1 Å². The third kappa shape index (κ3) is 6.14. The van der Waals surface area contributed by atoms with Crippen LogP contribution in [-0.4, -0.2) is 42.8 Å². The van der Waals surface area contributed by atoms with Crippen LogP contribution in [0.4, 0.5) is 0 Å². The molecule has 0 aromatic heterocycles. The van der Waals surface area contributed by atoms with Gasteiger partial charge < -0.3 is 20.1 Å². The molecule has 1 amide bonds. The highest BCUT2D eigenvalue weighted by atomic mass is 35.5. The van der Waals surface area contributed by atoms with Gasteiger partial charge in [-0.25, -0.2) is 0 Å². The number of nitrogens with one attached hydrogen (secondary N) is 2. The molecule has 1 fully saturated rings. The Bertz CT molecular complexity index is 1160. The van der Waals surface area contributed by atoms with E-state index >= 15 is 0 Å². The van der Waals surface area contributed by atoms with Gasteiger partial charge in [-0.15, -0.1) is 0 Å². The number of fused-ring (bicyclic) bond motifs is 1. The number of likely N-dealkylation sites (tertiary alicyclic amines) is 1. The molecule has 3 aromatic carbocycles. The van der Waals surface area contributed by atoms with Gasteiger partial charge in [0.05, 0.1) is 6.04 Å². The number of hydrogen-bond acceptors (Lipinski definition) is 5. The van der Waals surface area contributed by atoms with Crippen molar-refractivity contribution < 1.29 is 14.3 Å². The van der Waals surface area contributed by atoms with Gasteiger partial charge in [0.2, 0.25) is 12.7 Å². The van der Waals surface area contributed by atoms with Crippen LogP contribution >= 0.6 is 11.6 Å². The fourth-order valence-corrected chi connectivity index (χ4v) is 4.98. The monoisotopic (exact) mass is 491 g/mol. The summed E-state index contributed by atoms with van der Waals surface area (Å²) in [5.74, 6) is 1.62. The maximum absolute atomic E-state index is 13.2. The normalized spacial score (nSPS) is 19.1. The summed E-state index contributed by atoms with van der Waals surface area (Å²) in [4.78, 5) is 15.5. The summed E-state index contributed by atoms with van der Waals surface area (Å²) in [6.45, 7) is 3.13. The maximum atomic E-state index is 13.2. The van der Waals surface area contributed by atoms with E-state index in [0.717, 1.165) is 60.1 Å². The molecular formula is C28H30ClN3O3. The fraction of sp³-hybridized carbons (Fsp3) is 0.321. The van der Waals surface area contributed by atoms with Crippen molar-refractivity contribution in [1.29, 1.82) is 0 Å². The zero-order chi connectivity index (χ0) is 24.0. The van der Waals surface area contributed by atoms with Gasteiger partial charge in [-0.1, -0.05) is 60.1 Å². The van der Waals surface area contributed by atoms with Crippen molar-refractivity contribution in [2.45, 2.75) is 38.0 Å². The largest absolute Gasteiger partial charge is 0.454 e. The average molecular weight is 492 g/mol. The zero-order valence-electron chi connectivity index (χ0n) is 19.6. The molecule has 2 atom stereocenters. The number of rotatable bonds is 9. The van der Waals surface area contributed by atoms with Gasteiger partial charge in [0.15, 0.2) is 11.5 Å². The van der Waals surface area contributed by atoms with Crippen LogP contribution in [0, 0.1) is 0 Å². The summed E-state index contributed by atoms with van der Waals surface area (Å²) >= 11 is 6.14. The van der Waals surface area contributed by atoms with Crippen LogP contribution < -0.4 is 20.1 Å². The van der Waals surface area contributed by atoms with Crippen molar-refractivity contribution in [3.8, 4) is 11.5 Å². The third-order valence-corrected chi connectivity index (χ3v) is 6.80. The van der Waals surface area contributed by atoms with Crippen LogP contribution in [0.15, 0.2) is 72.8 Å². The van der Waals surface area contributed by atoms with Gasteiger partial charge in [0, 0.05) is 37.2 Å². The van der Waals surface area contributed by atoms with Gasteiger partial charge in [0.1, 0.15) is 0 Å². The first kappa shape index (κ1) is 23.7. The summed E-state index contributed by atoms with van der Waals surface area (Å²) in [7, 11) is 0. The van der Waals surface area contributed by atoms with Gasteiger partial charge in [-0.3, -0.25) is 9.69 Å². The van der Waals surface area contributed by atoms with E-state index in [9.17, 15) is 4.79 Å². The molecule has 0 radical (unpaired) electrons. The summed E-state index contributed by atoms with van der Waals surface area (Å²) in [6.07, 6.45) is 1.51. The van der Waals surface area contributed by atoms with E-state index in [0.29, 0.717) is 6.54 Å². The number of benzene rings is 3. The molecule has 0 saturated carbocycles. The third-order valence-electron chi connectivity index (χ3n) is 6.57. The van der Waals surface area contributed by atoms with Crippen molar-refractivity contribution in [1.82, 2.24) is 15.5 Å². The molecule has 182 valence electrons. The second kappa shape index (κ2) is 11.1. The van der Waals surface area contributed by atoms with E-state index in [1.165, 1.54) is 5.56 Å². The summed E-state index contributed by atoms with van der Waals surface area (Å²) in [6, 6.07) is 24.2. The van der Waals surface area contributed by atoms with Crippen molar-refractivity contribution in [2.75, 3.05) is 19.9 Å². The molecule has 2 aliphatic rings. The second-order valence-electron chi connectivity index (χ2n) is 9.10. The van der Waals surface area contributed by atoms with Gasteiger partial charge in [-0.05, 0) is 53.8 Å². The fourth-order valence-electron chi connectivity index (χ4n) is 4.77. The van der Waals surface area contributed by atoms with Crippen LogP contribution in [0.5, 0.6) is 11.5 Å². The highest BCUT2D eigenvalue weighted by Gasteiger charge is 2.36. The molecule has 0 unspecified atom stereocenters. The summed E-state index contributed by atoms with van der Waals surface area (Å²) in [5.41, 5.74) is 3.47. The van der Waals surface area contributed by atoms with Crippen LogP contribution in [0.2, 0.25) is 5.02 Å². The number of nitrogens with zero attached hydrogens (tertiary/aromatic N) is 1. The van der Waals surface area contributed by atoms with E-state index in [-0.39, 0.29) is 24.8 Å². The number of carbonyl (C=O) groups is 1. The SMILES string of the molecule is O=C(NCCc1ccc2c(c1)OCO2)[C@@H]1C[C@H](NCc2cccc(Cl)c2)CN1Cc1ccccc1. The summed E-state index contributed by atoms with van der Waals surface area (Å²) in [5, 5.41) is 7.52. The lowest BCUT2D eigenvalue weighted by Gasteiger charge is -2.23. The molecule has 0 aliphatic carbocycles. The first-order chi connectivity index (χ1) is 17.1. The molecule has 5 rings (SSSR count). The van der Waals surface area contributed by atoms with Crippen LogP contribution in [0.3, 0.4) is 0 Å². The Kier molecular flexibility index (Phi) is 7.52. The quantitative estimate of drug-likeness (QED) is 0.470. The van der Waals surface area contributed by atoms with E-state index < -0.39 is 0 Å². The Hall–Kier alpha value is -3.06. The minimum absolute atomic E-state index is 0.0775. The molecule has 1 saturated heterocycles. The maximum Gasteiger partial charge on any atom is 0.237 e. The first-order valence-corrected chi connectivity index (χ1v) is 12.4. The van der Waals surface area contributed by atoms with E-state index in [4.69, 9.17) is 21.1 Å². The van der Waals surface area contributed by atoms with Crippen molar-refractivity contribution in [2.24, 2.45) is 0 Å². The number of halogens is 1. The Morgan fingerprint density at radius 2 is 1.77 bits per heavy atom. The Morgan fingerprint density at radius 3 is 2.63 bits per heavy atom. The molecule has 0 bridgehead atoms. The minimum atomic E-state index is -0.177. The highest BCUT2D eigenvalue weighted by Crippen LogP contribution is 2.32. The molecule has 2 aliphatic heterocycles. The van der Waals surface area contributed by atoms with Gasteiger partial charge >= 0.3 is 0 Å². The number of amides is 1. The lowest BCUT2D eigenvalue weighted by atomic mass is 10.1. The number of hydrogen-bond donors (Lipinski definition) is 2. The number of ether oxygens (including phenoxy) is 2. The molecule has 3 aromatic rings. The van der Waals surface area contributed by atoms with Crippen LogP contribution in [-0.2, 0) is 24.3 Å². The topological polar surface area (TPSA) is 62.8 Å². The Morgan fingerprint density at radius 1 is 0.943 bits per heavy atom. The van der Waals surface area contributed by atoms with Gasteiger partial charge in [-0.2, -0.15) is 0 Å². The molecule has 0 spiro atoms. The molecular weight excluding hydrogens is 462 g/mol. The molecule has 6 nitrogen and oxygen atoms in total. The van der Waals surface area contributed by atoms with Gasteiger partial charge in [0.25, 0.3) is 0 Å². The minimum Gasteiger partial charge on any atom is -0.454 e. The van der Waals surface area contributed by atoms with Crippen molar-refractivity contribution in [3.63, 3.8) is 0 Å². The predicted molar refractivity (Wildman–Crippen MR) is 137 cm³/mol. The average Bonchev–Trinajstić information content (AvgIpc) is 3.50. The lowest BCUT2D eigenvalue weighted by molar-refractivity contribution is -0.125. The standard InChI is InChI=1S/C28H30ClN3O3/c29-23-8-4-7-22(13-23)16-31-24-15-25(32(18-24)17-21-5-2-1-3-6-21)28(33)30-12-11-20-9-10-26-27(14-20)35-19-34-26/h1-10,13-14,24-25,31H,11-12,15-19H2,(H,30,33)/t24-,25-/m0/s1. The first-order valence-electron chi connectivity index (χ1n) is 12.1. The van der Waals surface area contributed by atoms with Crippen molar-refractivity contribution in [3.05, 3.63) is 94.5 Å². The second-order valence-corrected chi connectivity index (χ2v) is 9.54. The Balaban J connectivity index is 1.19. The summed E-state index contributed by atoms with van der Waals surface area (Å²) < 4.78 is 10.8. The Labute approximate surface area is 211 Å². The van der Waals surface area contributed by atoms with E-state index in [1.807, 2.05) is 54.6 Å². The molecule has 2 heterocycles. The van der Waals surface area contributed by atoms with Crippen LogP contribution in [0.25, 0.3) is 0 Å². The van der Waals surface area contributed by atoms with Crippen molar-refractivity contribution >= 4 is 17.5 Å². The number of carbonyl (C=O) groups excluding carboxylic acids is 1. The van der Waals surface area contributed by atoms with E-state index in [1.54, 1.807) is 0 Å². The highest BCUT2D eigenvalue weighted by molar-refractivity contribution is 6.30. The zero-order valence-corrected chi connectivity index (χ0v) is 20.3. The smallest absolute Gasteiger partial charge is 0.237 e. The molecule has 35 heavy (non-hydrogen) atoms. The molecule has 7 heteroatoms.